The standard InChI is InChI=1S/C16H16N2O6/c1-9-7-13(20)24-10(2)14(9)16(22)23-8-12(19)17-15(21)11-5-4-6-18(11)3/h4-7H,8H2,1-3H3,(H,17,19,21). The van der Waals surface area contributed by atoms with Crippen LogP contribution in [0.3, 0.4) is 0 Å². The Labute approximate surface area is 137 Å². The van der Waals surface area contributed by atoms with Crippen molar-refractivity contribution in [2.24, 2.45) is 7.05 Å². The van der Waals surface area contributed by atoms with Crippen molar-refractivity contribution in [2.45, 2.75) is 13.8 Å². The van der Waals surface area contributed by atoms with Gasteiger partial charge in [0.2, 0.25) is 0 Å². The molecule has 0 saturated heterocycles. The number of esters is 1. The van der Waals surface area contributed by atoms with E-state index < -0.39 is 30.0 Å². The van der Waals surface area contributed by atoms with Gasteiger partial charge in [-0.25, -0.2) is 9.59 Å². The topological polar surface area (TPSA) is 108 Å². The Kier molecular flexibility index (Phi) is 4.98. The molecule has 8 nitrogen and oxygen atoms in total. The van der Waals surface area contributed by atoms with E-state index in [9.17, 15) is 19.2 Å². The number of nitrogens with zero attached hydrogens (tertiary/aromatic N) is 1. The van der Waals surface area contributed by atoms with E-state index in [4.69, 9.17) is 9.15 Å². The fourth-order valence-electron chi connectivity index (χ4n) is 2.19. The molecular weight excluding hydrogens is 316 g/mol. The van der Waals surface area contributed by atoms with Crippen molar-refractivity contribution < 1.29 is 23.5 Å². The van der Waals surface area contributed by atoms with Gasteiger partial charge in [-0.05, 0) is 31.5 Å². The molecule has 0 fully saturated rings. The Bertz CT molecular complexity index is 835. The zero-order valence-electron chi connectivity index (χ0n) is 13.4. The molecule has 126 valence electrons. The van der Waals surface area contributed by atoms with Gasteiger partial charge in [-0.1, -0.05) is 0 Å². The van der Waals surface area contributed by atoms with Gasteiger partial charge in [0, 0.05) is 19.3 Å². The molecule has 2 heterocycles. The second-order valence-corrected chi connectivity index (χ2v) is 5.14. The van der Waals surface area contributed by atoms with Gasteiger partial charge >= 0.3 is 11.6 Å². The van der Waals surface area contributed by atoms with Crippen LogP contribution in [0.4, 0.5) is 0 Å². The molecule has 0 saturated carbocycles. The fraction of sp³-hybridized carbons (Fsp3) is 0.250. The molecule has 0 aromatic carbocycles. The molecule has 2 aromatic heterocycles. The summed E-state index contributed by atoms with van der Waals surface area (Å²) in [4.78, 5) is 46.8. The summed E-state index contributed by atoms with van der Waals surface area (Å²) < 4.78 is 11.2. The lowest BCUT2D eigenvalue weighted by Gasteiger charge is -2.09. The third-order valence-electron chi connectivity index (χ3n) is 3.30. The quantitative estimate of drug-likeness (QED) is 0.826. The van der Waals surface area contributed by atoms with Crippen molar-refractivity contribution in [3.05, 3.63) is 57.4 Å². The molecule has 0 radical (unpaired) electrons. The zero-order chi connectivity index (χ0) is 17.9. The summed E-state index contributed by atoms with van der Waals surface area (Å²) in [7, 11) is 1.66. The van der Waals surface area contributed by atoms with Crippen molar-refractivity contribution in [3.63, 3.8) is 0 Å². The molecule has 0 spiro atoms. The van der Waals surface area contributed by atoms with E-state index in [0.717, 1.165) is 6.07 Å². The van der Waals surface area contributed by atoms with Crippen LogP contribution in [-0.4, -0.2) is 29.0 Å². The van der Waals surface area contributed by atoms with E-state index in [0.29, 0.717) is 11.3 Å². The lowest BCUT2D eigenvalue weighted by molar-refractivity contribution is -0.123. The molecule has 2 aromatic rings. The minimum Gasteiger partial charge on any atom is -0.452 e. The van der Waals surface area contributed by atoms with Gasteiger partial charge < -0.3 is 13.7 Å². The van der Waals surface area contributed by atoms with Gasteiger partial charge in [0.25, 0.3) is 11.8 Å². The van der Waals surface area contributed by atoms with Crippen LogP contribution in [-0.2, 0) is 16.6 Å². The van der Waals surface area contributed by atoms with Crippen LogP contribution in [0.2, 0.25) is 0 Å². The SMILES string of the molecule is Cc1cc(=O)oc(C)c1C(=O)OCC(=O)NC(=O)c1cccn1C. The van der Waals surface area contributed by atoms with Crippen LogP contribution < -0.4 is 10.9 Å². The normalized spacial score (nSPS) is 10.3. The number of imide groups is 1. The van der Waals surface area contributed by atoms with Gasteiger partial charge in [-0.15, -0.1) is 0 Å². The third-order valence-corrected chi connectivity index (χ3v) is 3.30. The first-order valence-electron chi connectivity index (χ1n) is 7.03. The number of hydrogen-bond donors (Lipinski definition) is 1. The predicted molar refractivity (Wildman–Crippen MR) is 82.6 cm³/mol. The Morgan fingerprint density at radius 1 is 1.29 bits per heavy atom. The van der Waals surface area contributed by atoms with Gasteiger partial charge in [0.15, 0.2) is 6.61 Å². The lowest BCUT2D eigenvalue weighted by Crippen LogP contribution is -2.35. The molecule has 0 aliphatic rings. The highest BCUT2D eigenvalue weighted by Gasteiger charge is 2.19. The van der Waals surface area contributed by atoms with Crippen LogP contribution >= 0.6 is 0 Å². The van der Waals surface area contributed by atoms with Crippen molar-refractivity contribution >= 4 is 17.8 Å². The molecule has 24 heavy (non-hydrogen) atoms. The second-order valence-electron chi connectivity index (χ2n) is 5.14. The van der Waals surface area contributed by atoms with Gasteiger partial charge in [-0.2, -0.15) is 0 Å². The number of aryl methyl sites for hydroxylation is 3. The summed E-state index contributed by atoms with van der Waals surface area (Å²) in [5, 5.41) is 2.12. The average Bonchev–Trinajstić information content (AvgIpc) is 2.90. The van der Waals surface area contributed by atoms with Gasteiger partial charge in [0.1, 0.15) is 17.0 Å². The summed E-state index contributed by atoms with van der Waals surface area (Å²) in [5.74, 6) is -2.07. The van der Waals surface area contributed by atoms with E-state index in [1.165, 1.54) is 6.92 Å². The Balaban J connectivity index is 1.97. The molecular formula is C16H16N2O6. The van der Waals surface area contributed by atoms with E-state index in [-0.39, 0.29) is 11.3 Å². The molecule has 0 aliphatic carbocycles. The van der Waals surface area contributed by atoms with Crippen LogP contribution in [0.5, 0.6) is 0 Å². The van der Waals surface area contributed by atoms with E-state index in [2.05, 4.69) is 5.32 Å². The summed E-state index contributed by atoms with van der Waals surface area (Å²) in [6.45, 7) is 2.37. The summed E-state index contributed by atoms with van der Waals surface area (Å²) in [6.07, 6.45) is 1.66. The first-order valence-corrected chi connectivity index (χ1v) is 7.03. The highest BCUT2D eigenvalue weighted by Crippen LogP contribution is 2.12. The highest BCUT2D eigenvalue weighted by atomic mass is 16.5. The Morgan fingerprint density at radius 2 is 2.00 bits per heavy atom. The monoisotopic (exact) mass is 332 g/mol. The number of rotatable bonds is 4. The minimum atomic E-state index is -0.810. The van der Waals surface area contributed by atoms with Crippen LogP contribution in [0, 0.1) is 13.8 Å². The Hall–Kier alpha value is -3.16. The lowest BCUT2D eigenvalue weighted by atomic mass is 10.1. The minimum absolute atomic E-state index is 0.0798. The van der Waals surface area contributed by atoms with Crippen molar-refractivity contribution in [2.75, 3.05) is 6.61 Å². The van der Waals surface area contributed by atoms with Crippen LogP contribution in [0.15, 0.2) is 33.6 Å². The molecule has 0 aliphatic heterocycles. The number of carbonyl (C=O) groups is 3. The molecule has 0 unspecified atom stereocenters. The van der Waals surface area contributed by atoms with Gasteiger partial charge in [-0.3, -0.25) is 14.9 Å². The van der Waals surface area contributed by atoms with Gasteiger partial charge in [0.05, 0.1) is 0 Å². The molecule has 0 atom stereocenters. The predicted octanol–water partition coefficient (Wildman–Crippen LogP) is 0.709. The first kappa shape index (κ1) is 17.2. The highest BCUT2D eigenvalue weighted by molar-refractivity contribution is 6.04. The number of amides is 2. The van der Waals surface area contributed by atoms with E-state index in [1.807, 2.05) is 0 Å². The Morgan fingerprint density at radius 3 is 2.58 bits per heavy atom. The maximum atomic E-state index is 12.0. The van der Waals surface area contributed by atoms with Crippen molar-refractivity contribution in [1.82, 2.24) is 9.88 Å². The molecule has 8 heteroatoms. The van der Waals surface area contributed by atoms with Crippen LogP contribution in [0.1, 0.15) is 32.2 Å². The molecule has 2 rings (SSSR count). The largest absolute Gasteiger partial charge is 0.452 e. The maximum Gasteiger partial charge on any atom is 0.342 e. The third kappa shape index (κ3) is 3.78. The van der Waals surface area contributed by atoms with E-state index in [1.54, 1.807) is 36.9 Å². The maximum absolute atomic E-state index is 12.0. The van der Waals surface area contributed by atoms with Crippen molar-refractivity contribution in [3.8, 4) is 0 Å². The number of carbonyl (C=O) groups excluding carboxylic acids is 3. The average molecular weight is 332 g/mol. The molecule has 1 N–H and O–H groups in total. The molecule has 2 amide bonds. The smallest absolute Gasteiger partial charge is 0.342 e. The zero-order valence-corrected chi connectivity index (χ0v) is 13.4. The summed E-state index contributed by atoms with van der Waals surface area (Å²) in [5.41, 5.74) is 0.184. The number of nitrogens with one attached hydrogen (secondary N) is 1. The number of ether oxygens (including phenoxy) is 1. The van der Waals surface area contributed by atoms with E-state index >= 15 is 0 Å². The van der Waals surface area contributed by atoms with Crippen LogP contribution in [0.25, 0.3) is 0 Å². The summed E-state index contributed by atoms with van der Waals surface area (Å²) in [6, 6.07) is 4.37. The fourth-order valence-corrected chi connectivity index (χ4v) is 2.19. The second kappa shape index (κ2) is 6.95. The first-order chi connectivity index (χ1) is 11.3. The summed E-state index contributed by atoms with van der Waals surface area (Å²) >= 11 is 0. The number of aromatic nitrogens is 1. The van der Waals surface area contributed by atoms with Crippen molar-refractivity contribution in [1.29, 1.82) is 0 Å². The number of hydrogen-bond acceptors (Lipinski definition) is 6. The molecule has 0 bridgehead atoms.